The van der Waals surface area contributed by atoms with E-state index >= 15 is 0 Å². The molecule has 1 heterocycles. The molecular formula is C17H29N2+. The molecule has 0 fully saturated rings. The maximum atomic E-state index is 3.89. The van der Waals surface area contributed by atoms with Crippen molar-refractivity contribution in [2.45, 2.75) is 51.6 Å². The third kappa shape index (κ3) is 3.17. The molecule has 19 heavy (non-hydrogen) atoms. The Labute approximate surface area is 118 Å². The van der Waals surface area contributed by atoms with Crippen LogP contribution in [-0.4, -0.2) is 28.5 Å². The fraction of sp³-hybridized carbons (Fsp3) is 0.588. The van der Waals surface area contributed by atoms with Gasteiger partial charge >= 0.3 is 0 Å². The number of amidine groups is 1. The Morgan fingerprint density at radius 2 is 1.84 bits per heavy atom. The van der Waals surface area contributed by atoms with Gasteiger partial charge in [0, 0.05) is 12.3 Å². The first-order chi connectivity index (χ1) is 9.01. The summed E-state index contributed by atoms with van der Waals surface area (Å²) in [6.07, 6.45) is 8.94. The van der Waals surface area contributed by atoms with Crippen LogP contribution < -0.4 is 5.32 Å². The van der Waals surface area contributed by atoms with Crippen molar-refractivity contribution in [1.29, 1.82) is 0 Å². The molecule has 3 unspecified atom stereocenters. The number of nitrogens with one attached hydrogen (secondary N) is 1. The summed E-state index contributed by atoms with van der Waals surface area (Å²) in [6, 6.07) is 0.458. The molecule has 1 N–H and O–H groups in total. The van der Waals surface area contributed by atoms with Crippen molar-refractivity contribution in [3.63, 3.8) is 0 Å². The fourth-order valence-electron chi connectivity index (χ4n) is 3.10. The first-order valence-electron chi connectivity index (χ1n) is 7.23. The Hall–Kier alpha value is -1.31. The zero-order valence-electron chi connectivity index (χ0n) is 12.8. The molecule has 0 aliphatic carbocycles. The molecule has 0 saturated carbocycles. The van der Waals surface area contributed by atoms with Crippen molar-refractivity contribution in [2.24, 2.45) is 5.92 Å². The Bertz CT molecular complexity index is 381. The van der Waals surface area contributed by atoms with Gasteiger partial charge in [-0.15, -0.1) is 19.7 Å². The summed E-state index contributed by atoms with van der Waals surface area (Å²) in [5.41, 5.74) is 0.134. The smallest absolute Gasteiger partial charge is 0.249 e. The second-order valence-corrected chi connectivity index (χ2v) is 5.82. The molecule has 0 bridgehead atoms. The number of hydrogen-bond acceptors (Lipinski definition) is 1. The SMILES string of the molecule is C=CCC1=[N+](C(C)CC=C)C(C)(C(C)CC=C)CN1. The van der Waals surface area contributed by atoms with Crippen molar-refractivity contribution in [2.75, 3.05) is 6.54 Å². The Kier molecular flexibility index (Phi) is 5.59. The number of allylic oxidation sites excluding steroid dienone is 1. The molecule has 1 aliphatic rings. The Morgan fingerprint density at radius 1 is 1.21 bits per heavy atom. The van der Waals surface area contributed by atoms with Crippen LogP contribution in [0.3, 0.4) is 0 Å². The normalized spacial score (nSPS) is 25.6. The van der Waals surface area contributed by atoms with E-state index in [1.807, 2.05) is 18.2 Å². The van der Waals surface area contributed by atoms with Crippen LogP contribution in [0.4, 0.5) is 0 Å². The standard InChI is InChI=1S/C17H28N2/c1-7-10-14(4)17(6)13-18-16(12-9-3)19(17)15(5)11-8-2/h7-9,14-15H,1-3,10-13H2,4-6H3/p+1. The first kappa shape index (κ1) is 15.7. The summed E-state index contributed by atoms with van der Waals surface area (Å²) in [4.78, 5) is 0. The van der Waals surface area contributed by atoms with Crippen molar-refractivity contribution in [1.82, 2.24) is 5.32 Å². The summed E-state index contributed by atoms with van der Waals surface area (Å²) in [6.45, 7) is 19.6. The van der Waals surface area contributed by atoms with E-state index in [0.29, 0.717) is 12.0 Å². The van der Waals surface area contributed by atoms with Crippen LogP contribution >= 0.6 is 0 Å². The van der Waals surface area contributed by atoms with Gasteiger partial charge in [-0.25, -0.2) is 0 Å². The number of hydrogen-bond donors (Lipinski definition) is 1. The summed E-state index contributed by atoms with van der Waals surface area (Å²) in [5, 5.41) is 3.58. The predicted octanol–water partition coefficient (Wildman–Crippen LogP) is 3.51. The van der Waals surface area contributed by atoms with Crippen molar-refractivity contribution in [3.8, 4) is 0 Å². The minimum atomic E-state index is 0.134. The minimum absolute atomic E-state index is 0.134. The van der Waals surface area contributed by atoms with Crippen LogP contribution in [0, 0.1) is 5.92 Å². The second kappa shape index (κ2) is 6.74. The van der Waals surface area contributed by atoms with E-state index in [-0.39, 0.29) is 5.54 Å². The molecule has 3 atom stereocenters. The van der Waals surface area contributed by atoms with Crippen molar-refractivity contribution < 1.29 is 4.58 Å². The number of rotatable bonds is 8. The third-order valence-corrected chi connectivity index (χ3v) is 4.36. The molecule has 0 saturated heterocycles. The highest BCUT2D eigenvalue weighted by molar-refractivity contribution is 5.80. The molecule has 0 amide bonds. The first-order valence-corrected chi connectivity index (χ1v) is 7.23. The van der Waals surface area contributed by atoms with Gasteiger partial charge in [0.05, 0.1) is 12.5 Å². The zero-order valence-corrected chi connectivity index (χ0v) is 12.8. The third-order valence-electron chi connectivity index (χ3n) is 4.36. The maximum Gasteiger partial charge on any atom is 0.249 e. The molecule has 2 nitrogen and oxygen atoms in total. The largest absolute Gasteiger partial charge is 0.274 e. The Morgan fingerprint density at radius 3 is 2.37 bits per heavy atom. The van der Waals surface area contributed by atoms with Gasteiger partial charge in [0.25, 0.3) is 0 Å². The summed E-state index contributed by atoms with van der Waals surface area (Å²) in [5.74, 6) is 1.86. The van der Waals surface area contributed by atoms with Gasteiger partial charge in [-0.3, -0.25) is 9.89 Å². The van der Waals surface area contributed by atoms with Gasteiger partial charge < -0.3 is 0 Å². The average molecular weight is 261 g/mol. The van der Waals surface area contributed by atoms with Crippen LogP contribution in [0.1, 0.15) is 40.0 Å². The Balaban J connectivity index is 3.13. The molecule has 0 aromatic heterocycles. The fourth-order valence-corrected chi connectivity index (χ4v) is 3.10. The average Bonchev–Trinajstić information content (AvgIpc) is 2.69. The van der Waals surface area contributed by atoms with E-state index in [1.165, 1.54) is 5.84 Å². The lowest BCUT2D eigenvalue weighted by molar-refractivity contribution is -0.632. The van der Waals surface area contributed by atoms with E-state index in [1.54, 1.807) is 0 Å². The summed E-state index contributed by atoms with van der Waals surface area (Å²) < 4.78 is 2.55. The van der Waals surface area contributed by atoms with Gasteiger partial charge in [-0.1, -0.05) is 25.2 Å². The highest BCUT2D eigenvalue weighted by atomic mass is 15.3. The maximum absolute atomic E-state index is 3.89. The van der Waals surface area contributed by atoms with Crippen molar-refractivity contribution in [3.05, 3.63) is 38.0 Å². The number of nitrogens with zero attached hydrogens (tertiary/aromatic N) is 1. The topological polar surface area (TPSA) is 15.0 Å². The molecule has 2 heteroatoms. The lowest BCUT2D eigenvalue weighted by Gasteiger charge is -2.33. The van der Waals surface area contributed by atoms with Gasteiger partial charge in [0.15, 0.2) is 0 Å². The molecule has 106 valence electrons. The van der Waals surface area contributed by atoms with Gasteiger partial charge in [0.1, 0.15) is 12.1 Å². The van der Waals surface area contributed by atoms with Gasteiger partial charge in [-0.05, 0) is 20.3 Å². The highest BCUT2D eigenvalue weighted by Gasteiger charge is 2.47. The quantitative estimate of drug-likeness (QED) is 0.522. The highest BCUT2D eigenvalue weighted by Crippen LogP contribution is 2.30. The molecule has 0 aromatic carbocycles. The molecule has 0 aromatic rings. The van der Waals surface area contributed by atoms with E-state index in [4.69, 9.17) is 0 Å². The van der Waals surface area contributed by atoms with E-state index < -0.39 is 0 Å². The van der Waals surface area contributed by atoms with E-state index in [2.05, 4.69) is 50.4 Å². The summed E-state index contributed by atoms with van der Waals surface area (Å²) >= 11 is 0. The van der Waals surface area contributed by atoms with Crippen LogP contribution in [-0.2, 0) is 0 Å². The summed E-state index contributed by atoms with van der Waals surface area (Å²) in [7, 11) is 0. The molecular weight excluding hydrogens is 232 g/mol. The van der Waals surface area contributed by atoms with Gasteiger partial charge in [-0.2, -0.15) is 0 Å². The second-order valence-electron chi connectivity index (χ2n) is 5.82. The van der Waals surface area contributed by atoms with Gasteiger partial charge in [0.2, 0.25) is 5.84 Å². The monoisotopic (exact) mass is 261 g/mol. The minimum Gasteiger partial charge on any atom is -0.274 e. The molecule has 1 aliphatic heterocycles. The van der Waals surface area contributed by atoms with Crippen LogP contribution in [0.5, 0.6) is 0 Å². The lowest BCUT2D eigenvalue weighted by atomic mass is 9.83. The predicted molar refractivity (Wildman–Crippen MR) is 84.7 cm³/mol. The zero-order chi connectivity index (χ0) is 14.5. The molecule has 0 radical (unpaired) electrons. The van der Waals surface area contributed by atoms with Crippen molar-refractivity contribution >= 4 is 5.84 Å². The van der Waals surface area contributed by atoms with Crippen LogP contribution in [0.15, 0.2) is 38.0 Å². The lowest BCUT2D eigenvalue weighted by Crippen LogP contribution is -2.49. The molecule has 1 rings (SSSR count). The molecule has 0 spiro atoms. The van der Waals surface area contributed by atoms with E-state index in [9.17, 15) is 0 Å². The van der Waals surface area contributed by atoms with Crippen LogP contribution in [0.25, 0.3) is 0 Å². The van der Waals surface area contributed by atoms with Crippen LogP contribution in [0.2, 0.25) is 0 Å². The van der Waals surface area contributed by atoms with E-state index in [0.717, 1.165) is 25.8 Å².